The highest BCUT2D eigenvalue weighted by Gasteiger charge is 2.52. The van der Waals surface area contributed by atoms with Crippen molar-refractivity contribution in [2.45, 2.75) is 51.2 Å². The number of rotatable bonds is 3. The van der Waals surface area contributed by atoms with Crippen LogP contribution in [-0.4, -0.2) is 33.5 Å². The maximum absolute atomic E-state index is 13.8. The van der Waals surface area contributed by atoms with Crippen LogP contribution in [0, 0.1) is 23.3 Å². The lowest BCUT2D eigenvalue weighted by atomic mass is 9.78. The van der Waals surface area contributed by atoms with Crippen LogP contribution in [0.25, 0.3) is 22.5 Å². The fraction of sp³-hybridized carbons (Fsp3) is 0.276. The molecule has 4 aromatic rings. The molecular formula is C29H22BF10N3O2. The van der Waals surface area contributed by atoms with Crippen molar-refractivity contribution in [2.24, 2.45) is 0 Å². The average molecular weight is 645 g/mol. The SMILES string of the molecule is CC1(C)OB(c2ccc(F)c(C(F)(F)F)c2)OC1(C)C.Fc1cnc(-c2cc(-c3ccc(F)c(C(F)(F)F)c3)cnn2)c(F)c1. The molecule has 5 rings (SSSR count). The van der Waals surface area contributed by atoms with Crippen molar-refractivity contribution >= 4 is 12.6 Å². The summed E-state index contributed by atoms with van der Waals surface area (Å²) >= 11 is 0. The van der Waals surface area contributed by atoms with Crippen LogP contribution in [-0.2, 0) is 21.7 Å². The number of nitrogens with zero attached hydrogens (tertiary/aromatic N) is 3. The van der Waals surface area contributed by atoms with E-state index >= 15 is 0 Å². The number of halogens is 10. The Morgan fingerprint density at radius 2 is 1.20 bits per heavy atom. The average Bonchev–Trinajstić information content (AvgIpc) is 3.14. The number of alkyl halides is 6. The Bertz CT molecular complexity index is 1690. The Kier molecular flexibility index (Phi) is 9.06. The zero-order chi connectivity index (χ0) is 33.5. The van der Waals surface area contributed by atoms with Gasteiger partial charge in [-0.05, 0) is 69.1 Å². The molecule has 0 aliphatic carbocycles. The van der Waals surface area contributed by atoms with Crippen LogP contribution in [0.4, 0.5) is 43.9 Å². The molecule has 1 aliphatic heterocycles. The van der Waals surface area contributed by atoms with E-state index in [4.69, 9.17) is 9.31 Å². The highest BCUT2D eigenvalue weighted by Crippen LogP contribution is 2.38. The van der Waals surface area contributed by atoms with Gasteiger partial charge in [0.1, 0.15) is 28.8 Å². The standard InChI is InChI=1S/C16H7F6N3.C13H15BF4O2/c17-10-5-13(19)15(23-7-10)14-4-9(6-24-25-14)8-1-2-12(18)11(3-8)16(20,21)22;1-11(2)12(3,4)20-14(19-11)8-5-6-10(15)9(7-8)13(16,17)18/h1-7H;5-7H,1-4H3. The molecule has 0 spiro atoms. The third kappa shape index (κ3) is 7.44. The van der Waals surface area contributed by atoms with Crippen LogP contribution in [0.15, 0.2) is 60.9 Å². The molecule has 3 heterocycles. The summed E-state index contributed by atoms with van der Waals surface area (Å²) in [6.07, 6.45) is -7.71. The molecule has 238 valence electrons. The summed E-state index contributed by atoms with van der Waals surface area (Å²) in [5.41, 5.74) is -4.19. The van der Waals surface area contributed by atoms with E-state index in [0.29, 0.717) is 18.2 Å². The Morgan fingerprint density at radius 3 is 1.76 bits per heavy atom. The predicted molar refractivity (Wildman–Crippen MR) is 143 cm³/mol. The largest absolute Gasteiger partial charge is 0.494 e. The molecule has 1 saturated heterocycles. The molecule has 0 saturated carbocycles. The summed E-state index contributed by atoms with van der Waals surface area (Å²) in [7, 11) is -0.943. The molecule has 1 fully saturated rings. The molecule has 2 aromatic heterocycles. The Morgan fingerprint density at radius 1 is 0.644 bits per heavy atom. The molecule has 0 amide bonds. The molecule has 16 heteroatoms. The van der Waals surface area contributed by atoms with E-state index in [-0.39, 0.29) is 28.0 Å². The van der Waals surface area contributed by atoms with Gasteiger partial charge in [-0.25, -0.2) is 22.5 Å². The first-order chi connectivity index (χ1) is 20.7. The number of pyridine rings is 1. The predicted octanol–water partition coefficient (Wildman–Crippen LogP) is 7.79. The molecule has 0 radical (unpaired) electrons. The number of benzene rings is 2. The molecule has 2 aromatic carbocycles. The molecular weight excluding hydrogens is 623 g/mol. The van der Waals surface area contributed by atoms with Gasteiger partial charge in [-0.15, -0.1) is 5.10 Å². The molecule has 0 N–H and O–H groups in total. The van der Waals surface area contributed by atoms with Crippen molar-refractivity contribution in [3.8, 4) is 22.5 Å². The molecule has 1 aliphatic rings. The van der Waals surface area contributed by atoms with Gasteiger partial charge in [0, 0.05) is 11.6 Å². The lowest BCUT2D eigenvalue weighted by Gasteiger charge is -2.32. The summed E-state index contributed by atoms with van der Waals surface area (Å²) in [5, 5.41) is 7.23. The fourth-order valence-corrected chi connectivity index (χ4v) is 4.05. The van der Waals surface area contributed by atoms with Gasteiger partial charge in [-0.3, -0.25) is 0 Å². The van der Waals surface area contributed by atoms with Crippen LogP contribution in [0.1, 0.15) is 38.8 Å². The number of aromatic nitrogens is 3. The summed E-state index contributed by atoms with van der Waals surface area (Å²) in [5.74, 6) is -4.61. The Balaban J connectivity index is 0.000000210. The third-order valence-electron chi connectivity index (χ3n) is 7.13. The highest BCUT2D eigenvalue weighted by molar-refractivity contribution is 6.62. The van der Waals surface area contributed by atoms with E-state index in [1.165, 1.54) is 12.1 Å². The summed E-state index contributed by atoms with van der Waals surface area (Å²) < 4.78 is 141. The van der Waals surface area contributed by atoms with Gasteiger partial charge in [0.25, 0.3) is 0 Å². The van der Waals surface area contributed by atoms with Crippen molar-refractivity contribution in [1.29, 1.82) is 0 Å². The highest BCUT2D eigenvalue weighted by atomic mass is 19.4. The van der Waals surface area contributed by atoms with Gasteiger partial charge in [-0.2, -0.15) is 31.4 Å². The monoisotopic (exact) mass is 645 g/mol. The first-order valence-corrected chi connectivity index (χ1v) is 12.9. The van der Waals surface area contributed by atoms with Crippen LogP contribution in [0.2, 0.25) is 0 Å². The minimum Gasteiger partial charge on any atom is -0.399 e. The van der Waals surface area contributed by atoms with Gasteiger partial charge < -0.3 is 9.31 Å². The van der Waals surface area contributed by atoms with Gasteiger partial charge in [-0.1, -0.05) is 12.1 Å². The van der Waals surface area contributed by atoms with Crippen molar-refractivity contribution in [3.05, 3.63) is 95.3 Å². The van der Waals surface area contributed by atoms with E-state index < -0.39 is 65.1 Å². The first-order valence-electron chi connectivity index (χ1n) is 12.9. The smallest absolute Gasteiger partial charge is 0.399 e. The Labute approximate surface area is 250 Å². The van der Waals surface area contributed by atoms with Crippen LogP contribution in [0.5, 0.6) is 0 Å². The van der Waals surface area contributed by atoms with E-state index in [1.807, 2.05) is 0 Å². The van der Waals surface area contributed by atoms with Crippen molar-refractivity contribution in [1.82, 2.24) is 15.2 Å². The maximum atomic E-state index is 13.8. The minimum atomic E-state index is -4.87. The van der Waals surface area contributed by atoms with Gasteiger partial charge in [0.2, 0.25) is 0 Å². The van der Waals surface area contributed by atoms with Crippen molar-refractivity contribution in [2.75, 3.05) is 0 Å². The van der Waals surface area contributed by atoms with Gasteiger partial charge >= 0.3 is 19.5 Å². The fourth-order valence-electron chi connectivity index (χ4n) is 4.05. The van der Waals surface area contributed by atoms with Crippen molar-refractivity contribution in [3.63, 3.8) is 0 Å². The second kappa shape index (κ2) is 12.0. The zero-order valence-electron chi connectivity index (χ0n) is 23.8. The second-order valence-electron chi connectivity index (χ2n) is 10.8. The quantitative estimate of drug-likeness (QED) is 0.168. The minimum absolute atomic E-state index is 0.00685. The van der Waals surface area contributed by atoms with Crippen LogP contribution in [0.3, 0.4) is 0 Å². The van der Waals surface area contributed by atoms with Gasteiger partial charge in [0.05, 0.1) is 34.7 Å². The van der Waals surface area contributed by atoms with Crippen LogP contribution < -0.4 is 5.46 Å². The normalized spacial score (nSPS) is 15.9. The van der Waals surface area contributed by atoms with Crippen LogP contribution >= 0.6 is 0 Å². The lowest BCUT2D eigenvalue weighted by Crippen LogP contribution is -2.41. The molecule has 45 heavy (non-hydrogen) atoms. The van der Waals surface area contributed by atoms with E-state index in [1.54, 1.807) is 27.7 Å². The lowest BCUT2D eigenvalue weighted by molar-refractivity contribution is -0.140. The number of hydrogen-bond acceptors (Lipinski definition) is 5. The second-order valence-corrected chi connectivity index (χ2v) is 10.8. The van der Waals surface area contributed by atoms with E-state index in [2.05, 4.69) is 15.2 Å². The molecule has 5 nitrogen and oxygen atoms in total. The Hall–Kier alpha value is -4.05. The molecule has 0 unspecified atom stereocenters. The summed E-state index contributed by atoms with van der Waals surface area (Å²) in [6, 6.07) is 6.99. The molecule has 0 atom stereocenters. The molecule has 0 bridgehead atoms. The maximum Gasteiger partial charge on any atom is 0.494 e. The van der Waals surface area contributed by atoms with E-state index in [0.717, 1.165) is 30.6 Å². The van der Waals surface area contributed by atoms with Gasteiger partial charge in [0.15, 0.2) is 5.82 Å². The topological polar surface area (TPSA) is 57.1 Å². The zero-order valence-corrected chi connectivity index (χ0v) is 23.8. The van der Waals surface area contributed by atoms with Crippen molar-refractivity contribution < 1.29 is 53.2 Å². The number of hydrogen-bond donors (Lipinski definition) is 0. The summed E-state index contributed by atoms with van der Waals surface area (Å²) in [4.78, 5) is 3.56. The summed E-state index contributed by atoms with van der Waals surface area (Å²) in [6.45, 7) is 7.17. The van der Waals surface area contributed by atoms with E-state index in [9.17, 15) is 43.9 Å². The first kappa shape index (κ1) is 33.8. The third-order valence-corrected chi connectivity index (χ3v) is 7.13.